The third kappa shape index (κ3) is 8.57. The first-order valence-electron chi connectivity index (χ1n) is 5.54. The van der Waals surface area contributed by atoms with Gasteiger partial charge >= 0.3 is 96.4 Å². The zero-order chi connectivity index (χ0) is 14.3. The third-order valence-electron chi connectivity index (χ3n) is 2.01. The maximum Gasteiger partial charge on any atom is -0.171 e. The summed E-state index contributed by atoms with van der Waals surface area (Å²) in [6, 6.07) is 16.4. The van der Waals surface area contributed by atoms with E-state index in [9.17, 15) is 0 Å². The van der Waals surface area contributed by atoms with Gasteiger partial charge in [-0.1, -0.05) is 0 Å². The minimum Gasteiger partial charge on any atom is -0.184 e. The van der Waals surface area contributed by atoms with Crippen LogP contribution in [0.15, 0.2) is 57.8 Å². The van der Waals surface area contributed by atoms with Gasteiger partial charge in [0, 0.05) is 0 Å². The van der Waals surface area contributed by atoms with Crippen LogP contribution in [0.3, 0.4) is 0 Å². The van der Waals surface area contributed by atoms with Crippen molar-refractivity contribution in [1.82, 2.24) is 0 Å². The number of hydrogen-bond donors (Lipinski definition) is 0. The average Bonchev–Trinajstić information content (AvgIpc) is 3.14. The number of nitrogens with zero attached hydrogens (tertiary/aromatic N) is 2. The van der Waals surface area contributed by atoms with Crippen molar-refractivity contribution < 1.29 is 11.9 Å². The summed E-state index contributed by atoms with van der Waals surface area (Å²) >= 11 is -1.35. The monoisotopic (exact) mass is 456 g/mol. The van der Waals surface area contributed by atoms with E-state index in [4.69, 9.17) is 19.4 Å². The van der Waals surface area contributed by atoms with Gasteiger partial charge in [-0.2, -0.15) is 36.4 Å². The van der Waals surface area contributed by atoms with E-state index in [1.807, 2.05) is 52.5 Å². The predicted octanol–water partition coefficient (Wildman–Crippen LogP) is 5.44. The zero-order valence-corrected chi connectivity index (χ0v) is 17.3. The van der Waals surface area contributed by atoms with Crippen LogP contribution in [0.5, 0.6) is 0 Å². The van der Waals surface area contributed by atoms with Crippen molar-refractivity contribution in [2.24, 2.45) is 9.98 Å². The van der Waals surface area contributed by atoms with Crippen molar-refractivity contribution in [2.75, 3.05) is 0 Å². The molecule has 0 amide bonds. The van der Waals surface area contributed by atoms with Crippen LogP contribution >= 0.6 is 30.7 Å². The first kappa shape index (κ1) is 24.5. The molecule has 0 unspecified atom stereocenters. The van der Waals surface area contributed by atoms with Crippen LogP contribution in [-0.4, -0.2) is 21.4 Å². The molecule has 0 radical (unpaired) electrons. The molecule has 0 N–H and O–H groups in total. The first-order valence-corrected chi connectivity index (χ1v) is 12.8. The van der Waals surface area contributed by atoms with Gasteiger partial charge in [0.15, 0.2) is 0 Å². The second kappa shape index (κ2) is 12.6. The molecule has 1 aliphatic rings. The summed E-state index contributed by atoms with van der Waals surface area (Å²) in [7, 11) is 12.5. The molecule has 1 aromatic carbocycles. The molecule has 0 saturated carbocycles. The van der Waals surface area contributed by atoms with Crippen LogP contribution in [0.2, 0.25) is 0 Å². The molecule has 1 aromatic heterocycles. The van der Waals surface area contributed by atoms with Gasteiger partial charge in [-0.3, -0.25) is 0 Å². The van der Waals surface area contributed by atoms with Gasteiger partial charge in [0.1, 0.15) is 0 Å². The molecule has 0 saturated heterocycles. The minimum absolute atomic E-state index is 0. The molecule has 6 heteroatoms. The van der Waals surface area contributed by atoms with Crippen molar-refractivity contribution >= 4 is 52.1 Å². The molecular formula is C17H20Cl2N2RuS-4. The molecule has 2 aromatic rings. The fourth-order valence-electron chi connectivity index (χ4n) is 1.20. The molecule has 1 aliphatic heterocycles. The molecule has 0 atom stereocenters. The smallest absolute Gasteiger partial charge is 0.171 e. The van der Waals surface area contributed by atoms with E-state index in [2.05, 4.69) is 16.1 Å². The van der Waals surface area contributed by atoms with Crippen molar-refractivity contribution in [3.05, 3.63) is 81.1 Å². The summed E-state index contributed by atoms with van der Waals surface area (Å²) in [5.74, 6) is 0. The maximum absolute atomic E-state index is 6.26. The van der Waals surface area contributed by atoms with Gasteiger partial charge in [-0.15, -0.1) is 0 Å². The van der Waals surface area contributed by atoms with E-state index < -0.39 is 11.9 Å². The zero-order valence-electron chi connectivity index (χ0n) is 13.3. The average molecular weight is 456 g/mol. The Bertz CT molecular complexity index is 666. The Kier molecular flexibility index (Phi) is 13.4. The molecule has 0 aliphatic carbocycles. The number of aliphatic imine (C=N–C) groups is 2. The molecule has 0 spiro atoms. The summed E-state index contributed by atoms with van der Waals surface area (Å²) < 4.78 is 2.48. The van der Waals surface area contributed by atoms with Crippen molar-refractivity contribution in [3.8, 4) is 0 Å². The van der Waals surface area contributed by atoms with Gasteiger partial charge in [0.25, 0.3) is 0 Å². The Labute approximate surface area is 154 Å². The summed E-state index contributed by atoms with van der Waals surface area (Å²) in [6.45, 7) is 0. The Morgan fingerprint density at radius 3 is 1.96 bits per heavy atom. The van der Waals surface area contributed by atoms with Gasteiger partial charge in [0.2, 0.25) is 0 Å². The Morgan fingerprint density at radius 1 is 0.957 bits per heavy atom. The molecule has 130 valence electrons. The molecule has 2 heterocycles. The first-order chi connectivity index (χ1) is 9.68. The van der Waals surface area contributed by atoms with E-state index in [1.54, 1.807) is 23.8 Å². The third-order valence-corrected chi connectivity index (χ3v) is 8.14. The van der Waals surface area contributed by atoms with Gasteiger partial charge in [-0.05, 0) is 0 Å². The van der Waals surface area contributed by atoms with Crippen molar-refractivity contribution in [2.45, 2.75) is 0 Å². The number of benzene rings is 1. The number of thiophene rings is 1. The van der Waals surface area contributed by atoms with Gasteiger partial charge in [-0.25, -0.2) is 0 Å². The fourth-order valence-corrected chi connectivity index (χ4v) is 7.03. The second-order valence-corrected chi connectivity index (χ2v) is 13.7. The van der Waals surface area contributed by atoms with Crippen LogP contribution in [-0.2, 0) is 11.9 Å². The van der Waals surface area contributed by atoms with E-state index in [-0.39, 0.29) is 22.3 Å². The van der Waals surface area contributed by atoms with Crippen LogP contribution in [0, 0.1) is 28.3 Å². The van der Waals surface area contributed by atoms with E-state index >= 15 is 0 Å². The summed E-state index contributed by atoms with van der Waals surface area (Å²) in [6.07, 6.45) is 3.22. The van der Waals surface area contributed by atoms with E-state index in [1.165, 1.54) is 0 Å². The normalized spacial score (nSPS) is 12.0. The second-order valence-electron chi connectivity index (χ2n) is 3.45. The standard InChI is InChI=1S/C6H5.C5H4S.C3H2N2.3CH3.2ClH.Ru/c1-2-4-6-5-3-1;1-5-3-2-4-6-5;1-2-5-3-4-1;;;;;;/h1-5H;1-4H;1-2H;3*1H3;2*1H;/q-1;;;3*-1;;;+2/p-2. The van der Waals surface area contributed by atoms with Crippen molar-refractivity contribution in [3.63, 3.8) is 0 Å². The largest absolute Gasteiger partial charge is 0.184 e. The predicted molar refractivity (Wildman–Crippen MR) is 108 cm³/mol. The molecule has 0 bridgehead atoms. The number of halogens is 2. The Hall–Kier alpha value is -0.797. The topological polar surface area (TPSA) is 24.7 Å². The fraction of sp³-hybridized carbons (Fsp3) is 0. The molecule has 2 nitrogen and oxygen atoms in total. The summed E-state index contributed by atoms with van der Waals surface area (Å²) in [5, 5.41) is 1.99. The molecule has 23 heavy (non-hydrogen) atoms. The van der Waals surface area contributed by atoms with Gasteiger partial charge < -0.3 is 22.3 Å². The van der Waals surface area contributed by atoms with Crippen LogP contribution in [0.1, 0.15) is 4.88 Å². The minimum atomic E-state index is -2.96. The summed E-state index contributed by atoms with van der Waals surface area (Å²) in [4.78, 5) is 9.16. The Balaban J connectivity index is 0. The van der Waals surface area contributed by atoms with Crippen molar-refractivity contribution in [1.29, 1.82) is 0 Å². The summed E-state index contributed by atoms with van der Waals surface area (Å²) in [5.41, 5.74) is 0. The molecule has 0 fully saturated rings. The van der Waals surface area contributed by atoms with E-state index in [0.29, 0.717) is 4.35 Å². The molecular weight excluding hydrogens is 436 g/mol. The number of rotatable bonds is 1. The Morgan fingerprint density at radius 2 is 1.57 bits per heavy atom. The van der Waals surface area contributed by atoms with Crippen LogP contribution in [0.4, 0.5) is 0 Å². The van der Waals surface area contributed by atoms with Crippen LogP contribution < -0.4 is 0 Å². The van der Waals surface area contributed by atoms with E-state index in [0.717, 1.165) is 4.88 Å². The quantitative estimate of drug-likeness (QED) is 0.403. The molecule has 3 rings (SSSR count). The number of hydrogen-bond acceptors (Lipinski definition) is 3. The van der Waals surface area contributed by atoms with Crippen LogP contribution in [0.25, 0.3) is 0 Å². The SMILES string of the molecule is [CH3-].[CH3-].[CH3-].[Cl][Ru]([Cl])(=[CH]c1cccs1)=[C]1N=CC=N1.[c-]1ccccc1. The van der Waals surface area contributed by atoms with Gasteiger partial charge in [0.05, 0.1) is 0 Å². The maximum atomic E-state index is 6.26.